The monoisotopic (exact) mass is 1190 g/mol. The van der Waals surface area contributed by atoms with Gasteiger partial charge >= 0.3 is 5.97 Å². The lowest BCUT2D eigenvalue weighted by Gasteiger charge is -2.34. The Morgan fingerprint density at radius 3 is 1.81 bits per heavy atom. The number of allylic oxidation sites excluding steroid dienone is 1. The molecule has 1 fully saturated rings. The van der Waals surface area contributed by atoms with Crippen LogP contribution < -0.4 is 59.3 Å². The Morgan fingerprint density at radius 2 is 1.24 bits per heavy atom. The van der Waals surface area contributed by atoms with Crippen LogP contribution in [0.25, 0.3) is 10.9 Å². The smallest absolute Gasteiger partial charge is 0.329 e. The minimum absolute atomic E-state index is 0.0150. The highest BCUT2D eigenvalue weighted by atomic mass is 16.5. The molecule has 2 heterocycles. The first kappa shape index (κ1) is 69.6. The van der Waals surface area contributed by atoms with Crippen molar-refractivity contribution in [1.82, 2.24) is 52.8 Å². The third kappa shape index (κ3) is 19.1. The minimum Gasteiger partial charge on any atom is -0.458 e. The Morgan fingerprint density at radius 1 is 0.682 bits per heavy atom. The number of fused-ring (bicyclic) bond motifs is 1. The number of amides is 9. The van der Waals surface area contributed by atoms with Gasteiger partial charge in [0.15, 0.2) is 0 Å². The van der Waals surface area contributed by atoms with E-state index in [1.165, 1.54) is 40.8 Å². The molecule has 9 amide bonds. The number of benzene rings is 2. The van der Waals surface area contributed by atoms with E-state index >= 15 is 0 Å². The molecule has 1 aliphatic rings. The number of carbonyl (C=O) groups is 10. The number of cyclic esters (lactones) is 1. The summed E-state index contributed by atoms with van der Waals surface area (Å²) in [6, 6.07) is -1.37. The molecule has 19 N–H and O–H groups in total. The summed E-state index contributed by atoms with van der Waals surface area (Å²) < 4.78 is 6.10. The van der Waals surface area contributed by atoms with E-state index in [1.54, 1.807) is 68.4 Å². The van der Waals surface area contributed by atoms with Crippen molar-refractivity contribution >= 4 is 70.0 Å². The number of esters is 1. The molecule has 0 aliphatic carbocycles. The van der Waals surface area contributed by atoms with Crippen LogP contribution in [0.1, 0.15) is 91.9 Å². The van der Waals surface area contributed by atoms with Gasteiger partial charge in [-0.05, 0) is 62.6 Å². The average Bonchev–Trinajstić information content (AvgIpc) is 3.29. The van der Waals surface area contributed by atoms with Gasteiger partial charge in [0.25, 0.3) is 5.91 Å². The number of H-pyrrole nitrogens is 1. The van der Waals surface area contributed by atoms with E-state index in [4.69, 9.17) is 16.2 Å². The van der Waals surface area contributed by atoms with E-state index in [0.29, 0.717) is 22.9 Å². The van der Waals surface area contributed by atoms with Crippen LogP contribution in [0.15, 0.2) is 72.6 Å². The molecule has 0 radical (unpaired) electrons. The number of nitrogens with two attached hydrogens (primary N) is 2. The zero-order valence-electron chi connectivity index (χ0n) is 48.9. The Balaban J connectivity index is 1.95. The summed E-state index contributed by atoms with van der Waals surface area (Å²) in [5.74, 6) is -14.0. The zero-order valence-corrected chi connectivity index (χ0v) is 48.9. The number of hydrogen-bond donors (Lipinski definition) is 17. The number of aliphatic hydroxyl groups is 5. The SMILES string of the molecule is C/C=C1/NC(=O)[C@@H]([C@@H](O)C(C)C)NC(=O)[C@@H](CO)NC(=O)[C@H]([C@@H](C)O)NC(=O)[C@@H](NC(=O)[C@@H](N)[C@H](C)CC)[C@H](C(C)C)OC(=O)[C@H](Cc2ccccc2)NC(=O)[C@H](CCCN)NC(=O)[C@H]([C@@H](O)c2c[nH]c3ccccc23)NC(=O)[C@H](CO)NC1=O. The van der Waals surface area contributed by atoms with Gasteiger partial charge in [-0.25, -0.2) is 4.79 Å². The number of ether oxygens (including phenoxy) is 1. The standard InChI is InChI=1S/C57H84N12O16/c1-9-29(7)40(59)52(79)69-44-47(28(5)6)85-57(84)37(23-31-17-12-11-13-18-31)63-49(76)36(21-16-22-58)62-55(82)43(46(74)33-24-60-35-20-15-14-19-32(33)35)68-50(77)38(25-70)64-48(75)34(10-2)61-54(81)42(45(73)27(3)4)67-51(78)39(26-71)65-53(80)41(30(8)72)66-56(44)83/h10-15,17-20,24,27-30,36-47,60,70-74H,9,16,21-23,25-26,58-59H2,1-8H3,(H,61,81)(H,62,82)(H,63,76)(H,64,75)(H,65,80)(H,66,83)(H,67,78)(H,68,77)(H,69,79)/b34-10+/t29-,30-,36+,37+,38+,39-,40+,41+,42-,43+,44+,45+,46+,47+/m1/s1. The Labute approximate surface area is 492 Å². The molecule has 28 nitrogen and oxygen atoms in total. The summed E-state index contributed by atoms with van der Waals surface area (Å²) in [4.78, 5) is 146. The van der Waals surface area contributed by atoms with E-state index in [-0.39, 0.29) is 31.4 Å². The second-order valence-corrected chi connectivity index (χ2v) is 21.6. The molecule has 1 aliphatic heterocycles. The van der Waals surface area contributed by atoms with Crippen LogP contribution in [0.5, 0.6) is 0 Å². The van der Waals surface area contributed by atoms with Gasteiger partial charge in [-0.1, -0.05) is 103 Å². The average molecular weight is 1190 g/mol. The maximum atomic E-state index is 14.8. The van der Waals surface area contributed by atoms with E-state index in [1.807, 2.05) is 0 Å². The van der Waals surface area contributed by atoms with Crippen LogP contribution in [0.3, 0.4) is 0 Å². The summed E-state index contributed by atoms with van der Waals surface area (Å²) >= 11 is 0. The third-order valence-corrected chi connectivity index (χ3v) is 14.5. The molecule has 0 saturated carbocycles. The van der Waals surface area contributed by atoms with Crippen molar-refractivity contribution in [2.75, 3.05) is 19.8 Å². The number of para-hydroxylation sites is 1. The first-order chi connectivity index (χ1) is 40.2. The van der Waals surface area contributed by atoms with Crippen molar-refractivity contribution in [3.05, 3.63) is 83.7 Å². The van der Waals surface area contributed by atoms with Gasteiger partial charge in [0.2, 0.25) is 47.3 Å². The van der Waals surface area contributed by atoms with Gasteiger partial charge in [0.05, 0.1) is 31.5 Å². The molecule has 0 unspecified atom stereocenters. The van der Waals surface area contributed by atoms with E-state index in [9.17, 15) is 73.5 Å². The van der Waals surface area contributed by atoms with Gasteiger partial charge in [0.1, 0.15) is 66.2 Å². The van der Waals surface area contributed by atoms with Crippen LogP contribution in [0, 0.1) is 17.8 Å². The van der Waals surface area contributed by atoms with Crippen LogP contribution in [-0.4, -0.2) is 182 Å². The minimum atomic E-state index is -2.02. The molecule has 85 heavy (non-hydrogen) atoms. The molecule has 28 heteroatoms. The topological polar surface area (TPSA) is 457 Å². The maximum Gasteiger partial charge on any atom is 0.329 e. The Kier molecular flexibility index (Phi) is 27.0. The quantitative estimate of drug-likeness (QED) is 0.0459. The molecule has 3 aromatic rings. The van der Waals surface area contributed by atoms with Gasteiger partial charge in [-0.15, -0.1) is 0 Å². The highest BCUT2D eigenvalue weighted by Crippen LogP contribution is 2.27. The second kappa shape index (κ2) is 33.0. The molecule has 1 saturated heterocycles. The summed E-state index contributed by atoms with van der Waals surface area (Å²) in [6.07, 6.45) is -4.66. The molecule has 4 rings (SSSR count). The van der Waals surface area contributed by atoms with Crippen LogP contribution in [0.4, 0.5) is 0 Å². The van der Waals surface area contributed by atoms with E-state index in [0.717, 1.165) is 13.0 Å². The fourth-order valence-corrected chi connectivity index (χ4v) is 9.04. The Bertz CT molecular complexity index is 2830. The lowest BCUT2D eigenvalue weighted by Crippen LogP contribution is -2.65. The number of rotatable bonds is 17. The van der Waals surface area contributed by atoms with Gasteiger partial charge < -0.3 is 94.6 Å². The summed E-state index contributed by atoms with van der Waals surface area (Å²) in [7, 11) is 0. The first-order valence-electron chi connectivity index (χ1n) is 28.2. The van der Waals surface area contributed by atoms with Crippen molar-refractivity contribution in [3.63, 3.8) is 0 Å². The predicted octanol–water partition coefficient (Wildman–Crippen LogP) is -3.58. The molecule has 2 aromatic carbocycles. The van der Waals surface area contributed by atoms with Crippen molar-refractivity contribution in [2.45, 2.75) is 160 Å². The first-order valence-corrected chi connectivity index (χ1v) is 28.2. The number of nitrogens with one attached hydrogen (secondary N) is 10. The fraction of sp³-hybridized carbons (Fsp3) is 0.544. The second-order valence-electron chi connectivity index (χ2n) is 21.6. The Hall–Kier alpha value is -7.86. The zero-order chi connectivity index (χ0) is 63.4. The summed E-state index contributed by atoms with van der Waals surface area (Å²) in [6.45, 7) is 9.46. The van der Waals surface area contributed by atoms with Crippen molar-refractivity contribution < 1.29 is 78.2 Å². The van der Waals surface area contributed by atoms with Crippen LogP contribution >= 0.6 is 0 Å². The van der Waals surface area contributed by atoms with Crippen LogP contribution in [0.2, 0.25) is 0 Å². The molecule has 468 valence electrons. The molecular formula is C57H84N12O16. The fourth-order valence-electron chi connectivity index (χ4n) is 9.04. The number of hydrogen-bond acceptors (Lipinski definition) is 18. The predicted molar refractivity (Wildman–Crippen MR) is 308 cm³/mol. The number of carbonyl (C=O) groups excluding carboxylic acids is 10. The van der Waals surface area contributed by atoms with Gasteiger partial charge in [-0.2, -0.15) is 0 Å². The normalized spacial score (nSPS) is 25.7. The highest BCUT2D eigenvalue weighted by molar-refractivity contribution is 6.03. The molecular weight excluding hydrogens is 1110 g/mol. The molecule has 14 atom stereocenters. The lowest BCUT2D eigenvalue weighted by atomic mass is 9.95. The molecule has 1 aromatic heterocycles. The maximum absolute atomic E-state index is 14.8. The van der Waals surface area contributed by atoms with E-state index in [2.05, 4.69) is 52.8 Å². The van der Waals surface area contributed by atoms with Crippen LogP contribution in [-0.2, 0) is 59.1 Å². The van der Waals surface area contributed by atoms with Crippen molar-refractivity contribution in [2.24, 2.45) is 29.2 Å². The summed E-state index contributed by atoms with van der Waals surface area (Å²) in [5.41, 5.74) is 12.7. The third-order valence-electron chi connectivity index (χ3n) is 14.5. The van der Waals surface area contributed by atoms with Crippen molar-refractivity contribution in [1.29, 1.82) is 0 Å². The lowest BCUT2D eigenvalue weighted by molar-refractivity contribution is -0.160. The number of aromatic nitrogens is 1. The van der Waals surface area contributed by atoms with Gasteiger partial charge in [0, 0.05) is 29.1 Å². The summed E-state index contributed by atoms with van der Waals surface area (Å²) in [5, 5.41) is 77.1. The van der Waals surface area contributed by atoms with Gasteiger partial charge in [-0.3, -0.25) is 43.2 Å². The van der Waals surface area contributed by atoms with Crippen molar-refractivity contribution in [3.8, 4) is 0 Å². The van der Waals surface area contributed by atoms with E-state index < -0.39 is 175 Å². The largest absolute Gasteiger partial charge is 0.458 e. The number of aromatic amines is 1. The number of aliphatic hydroxyl groups excluding tert-OH is 5. The highest BCUT2D eigenvalue weighted by Gasteiger charge is 2.43. The molecule has 0 bridgehead atoms. The molecule has 0 spiro atoms.